The number of carbonyl (C=O) groups excluding carboxylic acids is 1. The Hall–Kier alpha value is -2.85. The number of phenolic OH excluding ortho intramolecular Hbond substituents is 1. The van der Waals surface area contributed by atoms with Crippen molar-refractivity contribution < 1.29 is 14.6 Å². The minimum atomic E-state index is -0.141. The summed E-state index contributed by atoms with van der Waals surface area (Å²) >= 11 is 0. The third kappa shape index (κ3) is 5.39. The molecular weight excluding hydrogens is 374 g/mol. The summed E-state index contributed by atoms with van der Waals surface area (Å²) in [6.07, 6.45) is 9.91. The van der Waals surface area contributed by atoms with Crippen molar-refractivity contribution in [2.24, 2.45) is 0 Å². The van der Waals surface area contributed by atoms with E-state index < -0.39 is 0 Å². The normalized spacial score (nSPS) is 14.6. The maximum absolute atomic E-state index is 12.8. The van der Waals surface area contributed by atoms with Crippen LogP contribution in [0.25, 0.3) is 6.08 Å². The molecule has 0 radical (unpaired) electrons. The van der Waals surface area contributed by atoms with Crippen LogP contribution < -0.4 is 4.74 Å². The lowest BCUT2D eigenvalue weighted by molar-refractivity contribution is 0.101. The molecule has 0 aromatic heterocycles. The molecule has 0 saturated heterocycles. The monoisotopic (exact) mass is 405 g/mol. The maximum atomic E-state index is 12.8. The Morgan fingerprint density at radius 2 is 1.70 bits per heavy atom. The fraction of sp³-hybridized carbons (Fsp3) is 0.346. The summed E-state index contributed by atoms with van der Waals surface area (Å²) < 4.78 is 5.95. The van der Waals surface area contributed by atoms with E-state index in [1.54, 1.807) is 18.2 Å². The number of fused-ring (bicyclic) bond motifs is 1. The van der Waals surface area contributed by atoms with Crippen molar-refractivity contribution in [3.05, 3.63) is 77.1 Å². The van der Waals surface area contributed by atoms with Crippen molar-refractivity contribution in [3.8, 4) is 11.5 Å². The Bertz CT molecular complexity index is 907. The highest BCUT2D eigenvalue weighted by Gasteiger charge is 2.31. The SMILES string of the molecule is CCCCN(CCCC)Cc1c(O)ccc2c1O/C(=C\C=C\c1ccccc1)C2=O. The lowest BCUT2D eigenvalue weighted by atomic mass is 10.0. The molecule has 2 aromatic rings. The number of benzene rings is 2. The Morgan fingerprint density at radius 1 is 1.00 bits per heavy atom. The second-order valence-corrected chi connectivity index (χ2v) is 7.66. The predicted octanol–water partition coefficient (Wildman–Crippen LogP) is 5.97. The molecule has 2 aromatic carbocycles. The summed E-state index contributed by atoms with van der Waals surface area (Å²) in [4.78, 5) is 15.2. The molecule has 1 heterocycles. The number of aromatic hydroxyl groups is 1. The van der Waals surface area contributed by atoms with Crippen LogP contribution >= 0.6 is 0 Å². The van der Waals surface area contributed by atoms with E-state index in [1.807, 2.05) is 42.5 Å². The Morgan fingerprint density at radius 3 is 2.37 bits per heavy atom. The van der Waals surface area contributed by atoms with Crippen molar-refractivity contribution in [1.82, 2.24) is 4.90 Å². The summed E-state index contributed by atoms with van der Waals surface area (Å²) in [6, 6.07) is 13.2. The van der Waals surface area contributed by atoms with Gasteiger partial charge in [-0.2, -0.15) is 0 Å². The van der Waals surface area contributed by atoms with E-state index in [4.69, 9.17) is 4.74 Å². The van der Waals surface area contributed by atoms with E-state index >= 15 is 0 Å². The number of Topliss-reactive ketones (excluding diaryl/α,β-unsaturated/α-hetero) is 1. The van der Waals surface area contributed by atoms with E-state index in [1.165, 1.54) is 0 Å². The number of phenols is 1. The van der Waals surface area contributed by atoms with Crippen LogP contribution in [0.4, 0.5) is 0 Å². The van der Waals surface area contributed by atoms with Gasteiger partial charge >= 0.3 is 0 Å². The molecule has 1 aliphatic heterocycles. The van der Waals surface area contributed by atoms with Crippen molar-refractivity contribution in [3.63, 3.8) is 0 Å². The molecule has 0 bridgehead atoms. The van der Waals surface area contributed by atoms with Crippen LogP contribution in [0.15, 0.2) is 60.4 Å². The van der Waals surface area contributed by atoms with E-state index in [2.05, 4.69) is 18.7 Å². The molecule has 4 nitrogen and oxygen atoms in total. The molecule has 1 aliphatic rings. The molecule has 0 unspecified atom stereocenters. The van der Waals surface area contributed by atoms with Crippen LogP contribution in [0.2, 0.25) is 0 Å². The van der Waals surface area contributed by atoms with Gasteiger partial charge in [-0.25, -0.2) is 0 Å². The van der Waals surface area contributed by atoms with Crippen LogP contribution in [-0.2, 0) is 6.54 Å². The van der Waals surface area contributed by atoms with Crippen molar-refractivity contribution in [1.29, 1.82) is 0 Å². The number of ketones is 1. The van der Waals surface area contributed by atoms with Gasteiger partial charge < -0.3 is 9.84 Å². The van der Waals surface area contributed by atoms with E-state index in [-0.39, 0.29) is 17.3 Å². The molecule has 0 saturated carbocycles. The van der Waals surface area contributed by atoms with Gasteiger partial charge in [-0.3, -0.25) is 9.69 Å². The van der Waals surface area contributed by atoms with Gasteiger partial charge in [0, 0.05) is 6.54 Å². The first-order valence-electron chi connectivity index (χ1n) is 10.9. The third-order valence-corrected chi connectivity index (χ3v) is 5.29. The van der Waals surface area contributed by atoms with Gasteiger partial charge in [0.1, 0.15) is 11.5 Å². The summed E-state index contributed by atoms with van der Waals surface area (Å²) in [5.41, 5.74) is 2.27. The van der Waals surface area contributed by atoms with Gasteiger partial charge in [-0.15, -0.1) is 0 Å². The van der Waals surface area contributed by atoms with Gasteiger partial charge in [0.2, 0.25) is 5.78 Å². The average molecular weight is 406 g/mol. The number of hydrogen-bond acceptors (Lipinski definition) is 4. The van der Waals surface area contributed by atoms with Gasteiger partial charge in [0.25, 0.3) is 0 Å². The summed E-state index contributed by atoms with van der Waals surface area (Å²) in [6.45, 7) is 6.87. The highest BCUT2D eigenvalue weighted by molar-refractivity contribution is 6.12. The molecule has 0 spiro atoms. The molecule has 158 valence electrons. The minimum absolute atomic E-state index is 0.141. The second kappa shape index (κ2) is 10.8. The smallest absolute Gasteiger partial charge is 0.231 e. The zero-order valence-corrected chi connectivity index (χ0v) is 17.9. The van der Waals surface area contributed by atoms with Crippen molar-refractivity contribution in [2.45, 2.75) is 46.1 Å². The summed E-state index contributed by atoms with van der Waals surface area (Å²) in [5.74, 6) is 0.827. The maximum Gasteiger partial charge on any atom is 0.231 e. The average Bonchev–Trinajstić information content (AvgIpc) is 3.08. The van der Waals surface area contributed by atoms with Crippen LogP contribution in [0, 0.1) is 0 Å². The van der Waals surface area contributed by atoms with Crippen LogP contribution in [0.1, 0.15) is 61.0 Å². The van der Waals surface area contributed by atoms with Gasteiger partial charge in [-0.1, -0.05) is 69.2 Å². The number of allylic oxidation sites excluding steroid dienone is 3. The number of hydrogen-bond donors (Lipinski definition) is 1. The van der Waals surface area contributed by atoms with Crippen molar-refractivity contribution in [2.75, 3.05) is 13.1 Å². The van der Waals surface area contributed by atoms with E-state index in [9.17, 15) is 9.90 Å². The fourth-order valence-electron chi connectivity index (χ4n) is 3.53. The first-order valence-corrected chi connectivity index (χ1v) is 10.9. The predicted molar refractivity (Wildman–Crippen MR) is 122 cm³/mol. The molecule has 1 N–H and O–H groups in total. The molecule has 0 amide bonds. The second-order valence-electron chi connectivity index (χ2n) is 7.66. The largest absolute Gasteiger partial charge is 0.507 e. The fourth-order valence-corrected chi connectivity index (χ4v) is 3.53. The van der Waals surface area contributed by atoms with Gasteiger partial charge in [-0.05, 0) is 49.7 Å². The Kier molecular flexibility index (Phi) is 7.86. The first kappa shape index (κ1) is 21.8. The van der Waals surface area contributed by atoms with Crippen LogP contribution in [0.3, 0.4) is 0 Å². The Labute approximate surface area is 179 Å². The number of unbranched alkanes of at least 4 members (excludes halogenated alkanes) is 2. The summed E-state index contributed by atoms with van der Waals surface area (Å²) in [7, 11) is 0. The van der Waals surface area contributed by atoms with Crippen LogP contribution in [-0.4, -0.2) is 28.9 Å². The topological polar surface area (TPSA) is 49.8 Å². The van der Waals surface area contributed by atoms with Gasteiger partial charge in [0.05, 0.1) is 11.1 Å². The van der Waals surface area contributed by atoms with E-state index in [0.29, 0.717) is 23.4 Å². The zero-order valence-electron chi connectivity index (χ0n) is 17.9. The standard InChI is InChI=1S/C26H31NO3/c1-3-5-17-27(18-6-4-2)19-22-23(28)16-15-21-25(29)24(30-26(21)22)14-10-13-20-11-8-7-9-12-20/h7-16,28H,3-6,17-19H2,1-2H3/b13-10+,24-14-. The third-order valence-electron chi connectivity index (χ3n) is 5.29. The molecule has 4 heteroatoms. The number of carbonyl (C=O) groups is 1. The lowest BCUT2D eigenvalue weighted by Gasteiger charge is -2.23. The quantitative estimate of drug-likeness (QED) is 0.495. The molecule has 0 atom stereocenters. The molecule has 30 heavy (non-hydrogen) atoms. The molecular formula is C26H31NO3. The Balaban J connectivity index is 1.81. The van der Waals surface area contributed by atoms with Crippen molar-refractivity contribution >= 4 is 11.9 Å². The summed E-state index contributed by atoms with van der Waals surface area (Å²) in [5, 5.41) is 10.5. The number of nitrogens with zero attached hydrogens (tertiary/aromatic N) is 1. The number of ether oxygens (including phenoxy) is 1. The zero-order chi connectivity index (χ0) is 21.3. The molecule has 0 aliphatic carbocycles. The van der Waals surface area contributed by atoms with Crippen LogP contribution in [0.5, 0.6) is 11.5 Å². The highest BCUT2D eigenvalue weighted by atomic mass is 16.5. The minimum Gasteiger partial charge on any atom is -0.507 e. The molecule has 3 rings (SSSR count). The number of rotatable bonds is 10. The van der Waals surface area contributed by atoms with E-state index in [0.717, 1.165) is 44.3 Å². The first-order chi connectivity index (χ1) is 14.6. The molecule has 0 fully saturated rings. The van der Waals surface area contributed by atoms with Gasteiger partial charge in [0.15, 0.2) is 5.76 Å². The lowest BCUT2D eigenvalue weighted by Crippen LogP contribution is -2.25. The highest BCUT2D eigenvalue weighted by Crippen LogP contribution is 2.39.